The van der Waals surface area contributed by atoms with Crippen LogP contribution in [0.5, 0.6) is 0 Å². The summed E-state index contributed by atoms with van der Waals surface area (Å²) in [6.45, 7) is 4.05. The van der Waals surface area contributed by atoms with Gasteiger partial charge in [0.05, 0.1) is 11.4 Å². The first-order chi connectivity index (χ1) is 9.97. The van der Waals surface area contributed by atoms with Gasteiger partial charge in [-0.05, 0) is 81.7 Å². The normalized spacial score (nSPS) is 15.2. The molecule has 0 fully saturated rings. The summed E-state index contributed by atoms with van der Waals surface area (Å²) in [6.07, 6.45) is 0. The molecule has 1 N–H and O–H groups in total. The SMILES string of the molecule is Cc1ccc(N=C2C(=O)Nc3ccc(C)c(Br)c32)cc1I. The minimum Gasteiger partial charge on any atom is -0.320 e. The molecule has 1 amide bonds. The van der Waals surface area contributed by atoms with Gasteiger partial charge in [-0.1, -0.05) is 12.1 Å². The van der Waals surface area contributed by atoms with Gasteiger partial charge in [0.2, 0.25) is 0 Å². The number of nitrogens with zero attached hydrogens (tertiary/aromatic N) is 1. The summed E-state index contributed by atoms with van der Waals surface area (Å²) in [4.78, 5) is 16.7. The summed E-state index contributed by atoms with van der Waals surface area (Å²) in [5.41, 5.74) is 5.18. The minimum atomic E-state index is -0.160. The van der Waals surface area contributed by atoms with Gasteiger partial charge in [-0.25, -0.2) is 4.99 Å². The third-order valence-corrected chi connectivity index (χ3v) is 5.62. The number of halogens is 2. The summed E-state index contributed by atoms with van der Waals surface area (Å²) in [7, 11) is 0. The molecule has 1 aliphatic heterocycles. The molecule has 3 rings (SSSR count). The fourth-order valence-corrected chi connectivity index (χ4v) is 3.23. The van der Waals surface area contributed by atoms with E-state index in [2.05, 4.69) is 55.8 Å². The van der Waals surface area contributed by atoms with Crippen molar-refractivity contribution >= 4 is 61.5 Å². The lowest BCUT2D eigenvalue weighted by Gasteiger charge is -2.05. The Hall–Kier alpha value is -1.21. The van der Waals surface area contributed by atoms with Crippen LogP contribution in [0.15, 0.2) is 39.8 Å². The van der Waals surface area contributed by atoms with Gasteiger partial charge in [0, 0.05) is 13.6 Å². The van der Waals surface area contributed by atoms with E-state index in [0.29, 0.717) is 5.71 Å². The molecule has 0 radical (unpaired) electrons. The molecule has 1 aliphatic rings. The van der Waals surface area contributed by atoms with E-state index in [4.69, 9.17) is 0 Å². The number of fused-ring (bicyclic) bond motifs is 1. The van der Waals surface area contributed by atoms with E-state index in [-0.39, 0.29) is 5.91 Å². The molecule has 0 spiro atoms. The molecule has 2 aromatic rings. The quantitative estimate of drug-likeness (QED) is 0.621. The van der Waals surface area contributed by atoms with Crippen LogP contribution in [0.25, 0.3) is 0 Å². The number of aliphatic imine (C=N–C) groups is 1. The number of carbonyl (C=O) groups is 1. The van der Waals surface area contributed by atoms with E-state index in [0.717, 1.165) is 30.5 Å². The third-order valence-electron chi connectivity index (χ3n) is 3.43. The molecule has 0 aromatic heterocycles. The van der Waals surface area contributed by atoms with Crippen molar-refractivity contribution in [1.29, 1.82) is 0 Å². The maximum absolute atomic E-state index is 12.2. The predicted octanol–water partition coefficient (Wildman–Crippen LogP) is 4.74. The zero-order valence-corrected chi connectivity index (χ0v) is 15.2. The first kappa shape index (κ1) is 14.7. The van der Waals surface area contributed by atoms with Crippen LogP contribution in [0.4, 0.5) is 11.4 Å². The van der Waals surface area contributed by atoms with Crippen molar-refractivity contribution in [1.82, 2.24) is 0 Å². The van der Waals surface area contributed by atoms with E-state index in [1.165, 1.54) is 5.56 Å². The Kier molecular flexibility index (Phi) is 3.88. The fourth-order valence-electron chi connectivity index (χ4n) is 2.20. The Morgan fingerprint density at radius 2 is 1.86 bits per heavy atom. The predicted molar refractivity (Wildman–Crippen MR) is 97.6 cm³/mol. The highest BCUT2D eigenvalue weighted by atomic mass is 127. The molecular weight excluding hydrogens is 443 g/mol. The molecule has 1 heterocycles. The molecule has 0 atom stereocenters. The first-order valence-electron chi connectivity index (χ1n) is 6.43. The molecule has 106 valence electrons. The van der Waals surface area contributed by atoms with E-state index in [1.807, 2.05) is 37.3 Å². The van der Waals surface area contributed by atoms with Crippen molar-refractivity contribution in [3.8, 4) is 0 Å². The fraction of sp³-hybridized carbons (Fsp3) is 0.125. The molecule has 0 unspecified atom stereocenters. The maximum atomic E-state index is 12.2. The number of nitrogens with one attached hydrogen (secondary N) is 1. The topological polar surface area (TPSA) is 41.5 Å². The van der Waals surface area contributed by atoms with Gasteiger partial charge >= 0.3 is 0 Å². The molecular formula is C16H12BrIN2O. The summed E-state index contributed by atoms with van der Waals surface area (Å²) in [5.74, 6) is -0.160. The Bertz CT molecular complexity index is 799. The van der Waals surface area contributed by atoms with Crippen LogP contribution in [0.2, 0.25) is 0 Å². The second-order valence-electron chi connectivity index (χ2n) is 4.97. The van der Waals surface area contributed by atoms with Gasteiger partial charge in [-0.2, -0.15) is 0 Å². The van der Waals surface area contributed by atoms with E-state index < -0.39 is 0 Å². The van der Waals surface area contributed by atoms with Crippen molar-refractivity contribution in [3.63, 3.8) is 0 Å². The third kappa shape index (κ3) is 2.64. The molecule has 0 saturated heterocycles. The smallest absolute Gasteiger partial charge is 0.275 e. The molecule has 0 bridgehead atoms. The molecule has 2 aromatic carbocycles. The highest BCUT2D eigenvalue weighted by Crippen LogP contribution is 2.34. The van der Waals surface area contributed by atoms with E-state index >= 15 is 0 Å². The van der Waals surface area contributed by atoms with Gasteiger partial charge in [0.15, 0.2) is 0 Å². The van der Waals surface area contributed by atoms with Crippen molar-refractivity contribution < 1.29 is 4.79 Å². The van der Waals surface area contributed by atoms with Crippen LogP contribution in [0.3, 0.4) is 0 Å². The monoisotopic (exact) mass is 454 g/mol. The van der Waals surface area contributed by atoms with Crippen molar-refractivity contribution in [3.05, 3.63) is 55.1 Å². The number of benzene rings is 2. The molecule has 0 aliphatic carbocycles. The van der Waals surface area contributed by atoms with E-state index in [1.54, 1.807) is 0 Å². The van der Waals surface area contributed by atoms with E-state index in [9.17, 15) is 4.79 Å². The number of rotatable bonds is 1. The molecule has 5 heteroatoms. The molecule has 0 saturated carbocycles. The number of anilines is 1. The first-order valence-corrected chi connectivity index (χ1v) is 8.30. The van der Waals surface area contributed by atoms with Gasteiger partial charge in [-0.3, -0.25) is 4.79 Å². The Labute approximate surface area is 145 Å². The lowest BCUT2D eigenvalue weighted by Crippen LogP contribution is -2.14. The van der Waals surface area contributed by atoms with Gasteiger partial charge in [0.1, 0.15) is 5.71 Å². The van der Waals surface area contributed by atoms with Crippen molar-refractivity contribution in [2.75, 3.05) is 5.32 Å². The number of hydrogen-bond acceptors (Lipinski definition) is 2. The maximum Gasteiger partial charge on any atom is 0.275 e. The van der Waals surface area contributed by atoms with Gasteiger partial charge in [-0.15, -0.1) is 0 Å². The second-order valence-corrected chi connectivity index (χ2v) is 6.92. The Balaban J connectivity index is 2.16. The summed E-state index contributed by atoms with van der Waals surface area (Å²) >= 11 is 5.84. The van der Waals surface area contributed by atoms with Crippen LogP contribution in [-0.4, -0.2) is 11.6 Å². The van der Waals surface area contributed by atoms with Gasteiger partial charge < -0.3 is 5.32 Å². The van der Waals surface area contributed by atoms with Crippen LogP contribution in [-0.2, 0) is 4.79 Å². The van der Waals surface area contributed by atoms with Crippen LogP contribution < -0.4 is 5.32 Å². The average molecular weight is 455 g/mol. The summed E-state index contributed by atoms with van der Waals surface area (Å²) in [6, 6.07) is 9.81. The largest absolute Gasteiger partial charge is 0.320 e. The van der Waals surface area contributed by atoms with Crippen LogP contribution in [0, 0.1) is 17.4 Å². The van der Waals surface area contributed by atoms with Crippen molar-refractivity contribution in [2.24, 2.45) is 4.99 Å². The zero-order valence-electron chi connectivity index (χ0n) is 11.5. The second kappa shape index (κ2) is 5.53. The number of aryl methyl sites for hydroxylation is 2. The van der Waals surface area contributed by atoms with Gasteiger partial charge in [0.25, 0.3) is 5.91 Å². The average Bonchev–Trinajstić information content (AvgIpc) is 2.76. The highest BCUT2D eigenvalue weighted by molar-refractivity contribution is 14.1. The molecule has 21 heavy (non-hydrogen) atoms. The standard InChI is InChI=1S/C16H12BrIN2O/c1-8-3-5-10(7-11(8)18)19-15-13-12(20-16(15)21)6-4-9(2)14(13)17/h3-7H,1-2H3,(H,19,20,21). The molecule has 3 nitrogen and oxygen atoms in total. The Morgan fingerprint density at radius 1 is 1.14 bits per heavy atom. The number of carbonyl (C=O) groups excluding carboxylic acids is 1. The highest BCUT2D eigenvalue weighted by Gasteiger charge is 2.28. The minimum absolute atomic E-state index is 0.160. The number of hydrogen-bond donors (Lipinski definition) is 1. The number of amides is 1. The van der Waals surface area contributed by atoms with Crippen LogP contribution in [0.1, 0.15) is 16.7 Å². The van der Waals surface area contributed by atoms with Crippen LogP contribution >= 0.6 is 38.5 Å². The van der Waals surface area contributed by atoms with Crippen molar-refractivity contribution in [2.45, 2.75) is 13.8 Å². The lowest BCUT2D eigenvalue weighted by molar-refractivity contribution is -0.110. The zero-order chi connectivity index (χ0) is 15.1. The summed E-state index contributed by atoms with van der Waals surface area (Å²) in [5, 5.41) is 2.86. The lowest BCUT2D eigenvalue weighted by atomic mass is 10.1. The Morgan fingerprint density at radius 3 is 2.57 bits per heavy atom. The summed E-state index contributed by atoms with van der Waals surface area (Å²) < 4.78 is 2.05.